The van der Waals surface area contributed by atoms with E-state index < -0.39 is 0 Å². The average molecular weight is 411 g/mol. The fraction of sp³-hybridized carbons (Fsp3) is 0.188. The smallest absolute Gasteiger partial charge is 0.0162 e. The van der Waals surface area contributed by atoms with Gasteiger partial charge in [-0.05, 0) is 66.1 Å². The second-order valence-corrected chi connectivity index (χ2v) is 10.6. The SMILES string of the molecule is CC1(C)c2ccc3ccccc3c2-c2ccc3c(c21)C(C)(C)c1ccc2ccccc2c1-3. The van der Waals surface area contributed by atoms with Gasteiger partial charge in [0.15, 0.2) is 0 Å². The van der Waals surface area contributed by atoms with E-state index in [0.717, 1.165) is 0 Å². The summed E-state index contributed by atoms with van der Waals surface area (Å²) in [6, 6.07) is 31.8. The summed E-state index contributed by atoms with van der Waals surface area (Å²) in [6.45, 7) is 9.68. The molecule has 2 aliphatic rings. The van der Waals surface area contributed by atoms with Crippen molar-refractivity contribution in [3.05, 3.63) is 107 Å². The fourth-order valence-electron chi connectivity index (χ4n) is 6.75. The van der Waals surface area contributed by atoms with Gasteiger partial charge in [0.05, 0.1) is 0 Å². The lowest BCUT2D eigenvalue weighted by atomic mass is 9.72. The third kappa shape index (κ3) is 1.99. The number of rotatable bonds is 0. The molecule has 5 aromatic carbocycles. The van der Waals surface area contributed by atoms with Crippen LogP contribution in [0.25, 0.3) is 43.8 Å². The maximum Gasteiger partial charge on any atom is 0.0162 e. The molecular formula is C32H26. The summed E-state index contributed by atoms with van der Waals surface area (Å²) in [5.74, 6) is 0. The quantitative estimate of drug-likeness (QED) is 0.240. The highest BCUT2D eigenvalue weighted by Crippen LogP contribution is 2.60. The van der Waals surface area contributed by atoms with Gasteiger partial charge in [-0.3, -0.25) is 0 Å². The van der Waals surface area contributed by atoms with E-state index in [1.165, 1.54) is 66.1 Å². The predicted octanol–water partition coefficient (Wildman–Crippen LogP) is 8.61. The molecule has 32 heavy (non-hydrogen) atoms. The normalized spacial score (nSPS) is 16.6. The second kappa shape index (κ2) is 5.70. The Hall–Kier alpha value is -3.38. The number of fused-ring (bicyclic) bond motifs is 11. The monoisotopic (exact) mass is 410 g/mol. The van der Waals surface area contributed by atoms with Crippen molar-refractivity contribution < 1.29 is 0 Å². The summed E-state index contributed by atoms with van der Waals surface area (Å²) in [5, 5.41) is 5.39. The molecule has 0 heteroatoms. The zero-order valence-electron chi connectivity index (χ0n) is 19.1. The lowest BCUT2D eigenvalue weighted by Crippen LogP contribution is -2.24. The minimum atomic E-state index is -0.0326. The highest BCUT2D eigenvalue weighted by molar-refractivity contribution is 6.07. The van der Waals surface area contributed by atoms with E-state index in [0.29, 0.717) is 0 Å². The van der Waals surface area contributed by atoms with E-state index in [2.05, 4.69) is 113 Å². The summed E-state index contributed by atoms with van der Waals surface area (Å²) < 4.78 is 0. The Morgan fingerprint density at radius 2 is 0.844 bits per heavy atom. The third-order valence-corrected chi connectivity index (χ3v) is 8.20. The van der Waals surface area contributed by atoms with Gasteiger partial charge in [-0.1, -0.05) is 113 Å². The van der Waals surface area contributed by atoms with Crippen molar-refractivity contribution in [3.63, 3.8) is 0 Å². The van der Waals surface area contributed by atoms with Crippen LogP contribution < -0.4 is 0 Å². The van der Waals surface area contributed by atoms with Crippen LogP contribution in [0.5, 0.6) is 0 Å². The van der Waals surface area contributed by atoms with Gasteiger partial charge in [-0.15, -0.1) is 0 Å². The van der Waals surface area contributed by atoms with Crippen molar-refractivity contribution in [2.45, 2.75) is 38.5 Å². The van der Waals surface area contributed by atoms with Gasteiger partial charge in [0, 0.05) is 10.8 Å². The molecular weight excluding hydrogens is 384 g/mol. The zero-order chi connectivity index (χ0) is 21.8. The molecule has 0 radical (unpaired) electrons. The Labute approximate surface area is 189 Å². The molecule has 0 unspecified atom stereocenters. The molecule has 5 aromatic rings. The van der Waals surface area contributed by atoms with Crippen LogP contribution in [0, 0.1) is 0 Å². The molecule has 0 N–H and O–H groups in total. The summed E-state index contributed by atoms with van der Waals surface area (Å²) in [5.41, 5.74) is 11.6. The van der Waals surface area contributed by atoms with Crippen LogP contribution in [-0.2, 0) is 10.8 Å². The minimum Gasteiger partial charge on any atom is -0.0616 e. The van der Waals surface area contributed by atoms with Gasteiger partial charge in [0.2, 0.25) is 0 Å². The van der Waals surface area contributed by atoms with E-state index in [-0.39, 0.29) is 10.8 Å². The Morgan fingerprint density at radius 3 is 1.28 bits per heavy atom. The van der Waals surface area contributed by atoms with Crippen LogP contribution in [0.3, 0.4) is 0 Å². The van der Waals surface area contributed by atoms with Crippen LogP contribution in [0.1, 0.15) is 49.9 Å². The molecule has 7 rings (SSSR count). The van der Waals surface area contributed by atoms with Gasteiger partial charge in [0.1, 0.15) is 0 Å². The Bertz CT molecular complexity index is 1490. The first-order chi connectivity index (χ1) is 15.4. The predicted molar refractivity (Wildman–Crippen MR) is 137 cm³/mol. The average Bonchev–Trinajstić information content (AvgIpc) is 3.18. The largest absolute Gasteiger partial charge is 0.0616 e. The first-order valence-corrected chi connectivity index (χ1v) is 11.6. The van der Waals surface area contributed by atoms with E-state index >= 15 is 0 Å². The van der Waals surface area contributed by atoms with Crippen molar-refractivity contribution in [3.8, 4) is 22.3 Å². The number of benzene rings is 5. The Morgan fingerprint density at radius 1 is 0.438 bits per heavy atom. The summed E-state index contributed by atoms with van der Waals surface area (Å²) in [7, 11) is 0. The van der Waals surface area contributed by atoms with Gasteiger partial charge in [-0.25, -0.2) is 0 Å². The zero-order valence-corrected chi connectivity index (χ0v) is 19.1. The van der Waals surface area contributed by atoms with Gasteiger partial charge in [-0.2, -0.15) is 0 Å². The molecule has 0 fully saturated rings. The summed E-state index contributed by atoms with van der Waals surface area (Å²) in [6.07, 6.45) is 0. The molecule has 2 aliphatic carbocycles. The second-order valence-electron chi connectivity index (χ2n) is 10.6. The lowest BCUT2D eigenvalue weighted by Gasteiger charge is -2.30. The third-order valence-electron chi connectivity index (χ3n) is 8.20. The number of hydrogen-bond donors (Lipinski definition) is 0. The molecule has 0 aromatic heterocycles. The van der Waals surface area contributed by atoms with E-state index in [4.69, 9.17) is 0 Å². The van der Waals surface area contributed by atoms with Gasteiger partial charge in [0.25, 0.3) is 0 Å². The molecule has 0 saturated heterocycles. The maximum absolute atomic E-state index is 2.42. The summed E-state index contributed by atoms with van der Waals surface area (Å²) >= 11 is 0. The standard InChI is InChI=1S/C32H26/c1-31(2)25-17-13-19-9-5-7-11-21(19)27(25)23-15-16-24-28-22-12-8-6-10-20(22)14-18-26(28)32(3,4)30(24)29(23)31/h5-18H,1-4H3. The topological polar surface area (TPSA) is 0 Å². The highest BCUT2D eigenvalue weighted by Gasteiger charge is 2.46. The Kier molecular flexibility index (Phi) is 3.24. The minimum absolute atomic E-state index is 0.0326. The molecule has 0 spiro atoms. The highest BCUT2D eigenvalue weighted by atomic mass is 14.5. The van der Waals surface area contributed by atoms with Crippen molar-refractivity contribution in [1.82, 2.24) is 0 Å². The molecule has 0 atom stereocenters. The van der Waals surface area contributed by atoms with Gasteiger partial charge < -0.3 is 0 Å². The van der Waals surface area contributed by atoms with E-state index in [9.17, 15) is 0 Å². The van der Waals surface area contributed by atoms with Crippen LogP contribution in [0.15, 0.2) is 84.9 Å². The fourth-order valence-corrected chi connectivity index (χ4v) is 6.75. The molecule has 0 amide bonds. The molecule has 154 valence electrons. The first kappa shape index (κ1) is 18.2. The van der Waals surface area contributed by atoms with Crippen molar-refractivity contribution in [2.24, 2.45) is 0 Å². The van der Waals surface area contributed by atoms with E-state index in [1.54, 1.807) is 0 Å². The van der Waals surface area contributed by atoms with Crippen molar-refractivity contribution in [2.75, 3.05) is 0 Å². The first-order valence-electron chi connectivity index (χ1n) is 11.6. The molecule has 0 aliphatic heterocycles. The van der Waals surface area contributed by atoms with Crippen LogP contribution in [0.4, 0.5) is 0 Å². The Balaban J connectivity index is 1.64. The lowest BCUT2D eigenvalue weighted by molar-refractivity contribution is 0.601. The molecule has 0 bridgehead atoms. The number of hydrogen-bond acceptors (Lipinski definition) is 0. The van der Waals surface area contributed by atoms with Crippen LogP contribution in [-0.4, -0.2) is 0 Å². The van der Waals surface area contributed by atoms with Crippen molar-refractivity contribution >= 4 is 21.5 Å². The van der Waals surface area contributed by atoms with Gasteiger partial charge >= 0.3 is 0 Å². The molecule has 0 saturated carbocycles. The van der Waals surface area contributed by atoms with E-state index in [1.807, 2.05) is 0 Å². The van der Waals surface area contributed by atoms with Crippen molar-refractivity contribution in [1.29, 1.82) is 0 Å². The maximum atomic E-state index is 2.42. The molecule has 0 nitrogen and oxygen atoms in total. The van der Waals surface area contributed by atoms with Crippen LogP contribution in [0.2, 0.25) is 0 Å². The summed E-state index contributed by atoms with van der Waals surface area (Å²) in [4.78, 5) is 0. The van der Waals surface area contributed by atoms with Crippen LogP contribution >= 0.6 is 0 Å². The molecule has 0 heterocycles.